The summed E-state index contributed by atoms with van der Waals surface area (Å²) in [5.74, 6) is 0.582. The SMILES string of the molecule is O=C(NCc1noc2c1CCCC2)c1ccccc1-c1ccc(C(F)(F)F)cc1. The van der Waals surface area contributed by atoms with Crippen LogP contribution in [0.25, 0.3) is 11.1 Å². The first-order chi connectivity index (χ1) is 13.9. The normalized spacial score (nSPS) is 13.8. The van der Waals surface area contributed by atoms with Gasteiger partial charge in [-0.2, -0.15) is 13.2 Å². The van der Waals surface area contributed by atoms with Crippen LogP contribution in [0.4, 0.5) is 13.2 Å². The molecule has 1 aliphatic carbocycles. The molecule has 0 aliphatic heterocycles. The zero-order valence-corrected chi connectivity index (χ0v) is 15.6. The Morgan fingerprint density at radius 2 is 1.76 bits per heavy atom. The number of aryl methyl sites for hydroxylation is 1. The second-order valence-corrected chi connectivity index (χ2v) is 7.04. The van der Waals surface area contributed by atoms with Gasteiger partial charge in [-0.25, -0.2) is 0 Å². The average molecular weight is 400 g/mol. The first-order valence-corrected chi connectivity index (χ1v) is 9.44. The van der Waals surface area contributed by atoms with Crippen molar-refractivity contribution in [2.24, 2.45) is 0 Å². The number of hydrogen-bond donors (Lipinski definition) is 1. The molecular weight excluding hydrogens is 381 g/mol. The second-order valence-electron chi connectivity index (χ2n) is 7.04. The van der Waals surface area contributed by atoms with Gasteiger partial charge in [-0.15, -0.1) is 0 Å². The molecule has 4 nitrogen and oxygen atoms in total. The number of alkyl halides is 3. The molecule has 150 valence electrons. The third-order valence-corrected chi connectivity index (χ3v) is 5.14. The summed E-state index contributed by atoms with van der Waals surface area (Å²) >= 11 is 0. The van der Waals surface area contributed by atoms with Gasteiger partial charge in [0, 0.05) is 17.5 Å². The van der Waals surface area contributed by atoms with Crippen molar-refractivity contribution in [1.82, 2.24) is 10.5 Å². The van der Waals surface area contributed by atoms with E-state index in [0.717, 1.165) is 54.8 Å². The molecule has 0 saturated heterocycles. The Labute approximate surface area is 165 Å². The zero-order valence-electron chi connectivity index (χ0n) is 15.6. The Morgan fingerprint density at radius 3 is 2.52 bits per heavy atom. The van der Waals surface area contributed by atoms with E-state index in [1.807, 2.05) is 0 Å². The highest BCUT2D eigenvalue weighted by Crippen LogP contribution is 2.32. The predicted molar refractivity (Wildman–Crippen MR) is 101 cm³/mol. The average Bonchev–Trinajstić information content (AvgIpc) is 3.15. The number of carbonyl (C=O) groups excluding carboxylic acids is 1. The fourth-order valence-electron chi connectivity index (χ4n) is 3.62. The molecule has 0 radical (unpaired) electrons. The lowest BCUT2D eigenvalue weighted by Gasteiger charge is -2.12. The molecule has 0 spiro atoms. The van der Waals surface area contributed by atoms with Crippen LogP contribution in [-0.4, -0.2) is 11.1 Å². The fraction of sp³-hybridized carbons (Fsp3) is 0.273. The summed E-state index contributed by atoms with van der Waals surface area (Å²) in [7, 11) is 0. The van der Waals surface area contributed by atoms with E-state index in [-0.39, 0.29) is 12.5 Å². The largest absolute Gasteiger partial charge is 0.416 e. The van der Waals surface area contributed by atoms with Crippen LogP contribution in [0.1, 0.15) is 45.8 Å². The van der Waals surface area contributed by atoms with E-state index in [2.05, 4.69) is 10.5 Å². The number of benzene rings is 2. The Morgan fingerprint density at radius 1 is 1.03 bits per heavy atom. The molecule has 1 amide bonds. The highest BCUT2D eigenvalue weighted by molar-refractivity contribution is 6.00. The van der Waals surface area contributed by atoms with Crippen LogP contribution < -0.4 is 5.32 Å². The van der Waals surface area contributed by atoms with E-state index >= 15 is 0 Å². The van der Waals surface area contributed by atoms with Gasteiger partial charge in [0.2, 0.25) is 0 Å². The van der Waals surface area contributed by atoms with Gasteiger partial charge in [-0.05, 0) is 48.6 Å². The lowest BCUT2D eigenvalue weighted by molar-refractivity contribution is -0.137. The number of fused-ring (bicyclic) bond motifs is 1. The monoisotopic (exact) mass is 400 g/mol. The molecule has 0 unspecified atom stereocenters. The van der Waals surface area contributed by atoms with Gasteiger partial charge in [0.05, 0.1) is 12.1 Å². The van der Waals surface area contributed by atoms with Crippen molar-refractivity contribution >= 4 is 5.91 Å². The Balaban J connectivity index is 1.53. The van der Waals surface area contributed by atoms with Crippen LogP contribution in [0.15, 0.2) is 53.1 Å². The van der Waals surface area contributed by atoms with Crippen molar-refractivity contribution in [2.45, 2.75) is 38.4 Å². The molecule has 0 atom stereocenters. The minimum Gasteiger partial charge on any atom is -0.361 e. The molecule has 1 aromatic heterocycles. The molecule has 0 bridgehead atoms. The van der Waals surface area contributed by atoms with Crippen LogP contribution in [0.5, 0.6) is 0 Å². The summed E-state index contributed by atoms with van der Waals surface area (Å²) in [5.41, 5.74) is 2.60. The maximum atomic E-state index is 12.8. The Kier molecular flexibility index (Phi) is 5.13. The summed E-state index contributed by atoms with van der Waals surface area (Å²) in [4.78, 5) is 12.8. The van der Waals surface area contributed by atoms with Crippen LogP contribution in [0, 0.1) is 0 Å². The van der Waals surface area contributed by atoms with E-state index in [0.29, 0.717) is 16.7 Å². The molecular formula is C22H19F3N2O2. The second kappa shape index (κ2) is 7.73. The van der Waals surface area contributed by atoms with Crippen molar-refractivity contribution in [3.8, 4) is 11.1 Å². The van der Waals surface area contributed by atoms with Crippen LogP contribution in [0.2, 0.25) is 0 Å². The number of rotatable bonds is 4. The molecule has 1 aliphatic rings. The molecule has 0 saturated carbocycles. The number of amides is 1. The molecule has 2 aromatic carbocycles. The minimum absolute atomic E-state index is 0.249. The molecule has 7 heteroatoms. The third-order valence-electron chi connectivity index (χ3n) is 5.14. The van der Waals surface area contributed by atoms with Gasteiger partial charge in [-0.1, -0.05) is 35.5 Å². The molecule has 4 rings (SSSR count). The number of nitrogens with zero attached hydrogens (tertiary/aromatic N) is 1. The molecule has 3 aromatic rings. The van der Waals surface area contributed by atoms with Crippen molar-refractivity contribution in [1.29, 1.82) is 0 Å². The summed E-state index contributed by atoms with van der Waals surface area (Å²) in [6.07, 6.45) is -0.480. The molecule has 1 heterocycles. The lowest BCUT2D eigenvalue weighted by Crippen LogP contribution is -2.24. The quantitative estimate of drug-likeness (QED) is 0.657. The molecule has 29 heavy (non-hydrogen) atoms. The zero-order chi connectivity index (χ0) is 20.4. The van der Waals surface area contributed by atoms with Crippen LogP contribution in [-0.2, 0) is 25.6 Å². The van der Waals surface area contributed by atoms with E-state index in [1.54, 1.807) is 24.3 Å². The number of hydrogen-bond acceptors (Lipinski definition) is 3. The topological polar surface area (TPSA) is 55.1 Å². The van der Waals surface area contributed by atoms with Gasteiger partial charge < -0.3 is 9.84 Å². The van der Waals surface area contributed by atoms with E-state index in [1.165, 1.54) is 12.1 Å². The first-order valence-electron chi connectivity index (χ1n) is 9.44. The summed E-state index contributed by atoms with van der Waals surface area (Å²) in [5, 5.41) is 6.94. The van der Waals surface area contributed by atoms with Crippen LogP contribution >= 0.6 is 0 Å². The summed E-state index contributed by atoms with van der Waals surface area (Å²) in [6.45, 7) is 0.249. The predicted octanol–water partition coefficient (Wildman–Crippen LogP) is 5.17. The minimum atomic E-state index is -4.40. The maximum absolute atomic E-state index is 12.8. The van der Waals surface area contributed by atoms with Gasteiger partial charge in [0.15, 0.2) is 0 Å². The smallest absolute Gasteiger partial charge is 0.361 e. The van der Waals surface area contributed by atoms with E-state index < -0.39 is 11.7 Å². The fourth-order valence-corrected chi connectivity index (χ4v) is 3.62. The highest BCUT2D eigenvalue weighted by atomic mass is 19.4. The van der Waals surface area contributed by atoms with Crippen molar-refractivity contribution in [3.63, 3.8) is 0 Å². The first kappa shape index (κ1) is 19.2. The van der Waals surface area contributed by atoms with Gasteiger partial charge in [-0.3, -0.25) is 4.79 Å². The standard InChI is InChI=1S/C22H19F3N2O2/c23-22(24,25)15-11-9-14(10-12-15)16-5-1-2-6-17(16)21(28)26-13-19-18-7-3-4-8-20(18)29-27-19/h1-2,5-6,9-12H,3-4,7-8,13H2,(H,26,28). The van der Waals surface area contributed by atoms with Gasteiger partial charge >= 0.3 is 6.18 Å². The summed E-state index contributed by atoms with van der Waals surface area (Å²) < 4.78 is 43.8. The van der Waals surface area contributed by atoms with Crippen molar-refractivity contribution < 1.29 is 22.5 Å². The van der Waals surface area contributed by atoms with Gasteiger partial charge in [0.1, 0.15) is 11.5 Å². The number of halogens is 3. The Hall–Kier alpha value is -3.09. The number of aromatic nitrogens is 1. The number of carbonyl (C=O) groups is 1. The van der Waals surface area contributed by atoms with Crippen molar-refractivity contribution in [2.75, 3.05) is 0 Å². The van der Waals surface area contributed by atoms with E-state index in [9.17, 15) is 18.0 Å². The summed E-state index contributed by atoms with van der Waals surface area (Å²) in [6, 6.07) is 11.6. The maximum Gasteiger partial charge on any atom is 0.416 e. The van der Waals surface area contributed by atoms with Crippen LogP contribution in [0.3, 0.4) is 0 Å². The molecule has 0 fully saturated rings. The highest BCUT2D eigenvalue weighted by Gasteiger charge is 2.30. The van der Waals surface area contributed by atoms with E-state index in [4.69, 9.17) is 4.52 Å². The lowest BCUT2D eigenvalue weighted by atomic mass is 9.96. The molecule has 1 N–H and O–H groups in total. The third kappa shape index (κ3) is 4.04. The Bertz CT molecular complexity index is 1020. The van der Waals surface area contributed by atoms with Crippen molar-refractivity contribution in [3.05, 3.63) is 76.7 Å². The number of nitrogens with one attached hydrogen (secondary N) is 1. The van der Waals surface area contributed by atoms with Gasteiger partial charge in [0.25, 0.3) is 5.91 Å².